The summed E-state index contributed by atoms with van der Waals surface area (Å²) in [5.41, 5.74) is 0. The molecule has 7 heteroatoms. The molecule has 0 heterocycles. The Labute approximate surface area is 112 Å². The number of halogens is 3. The van der Waals surface area contributed by atoms with E-state index in [-0.39, 0.29) is 51.4 Å². The van der Waals surface area contributed by atoms with E-state index in [0.29, 0.717) is 6.54 Å². The SMILES string of the molecule is CCNC(=O)CC[B-](F)(F)F.[K+]. The average molecular weight is 207 g/mol. The molecule has 0 bridgehead atoms. The Morgan fingerprint density at radius 3 is 2.25 bits per heavy atom. The monoisotopic (exact) mass is 207 g/mol. The van der Waals surface area contributed by atoms with Crippen molar-refractivity contribution in [3.8, 4) is 0 Å². The molecule has 0 aromatic carbocycles. The molecule has 0 aromatic rings. The van der Waals surface area contributed by atoms with Gasteiger partial charge in [0.1, 0.15) is 0 Å². The van der Waals surface area contributed by atoms with Gasteiger partial charge in [0.05, 0.1) is 0 Å². The molecule has 0 aromatic heterocycles. The molecule has 1 amide bonds. The van der Waals surface area contributed by atoms with Gasteiger partial charge in [0.25, 0.3) is 0 Å². The fourth-order valence-corrected chi connectivity index (χ4v) is 0.580. The maximum Gasteiger partial charge on any atom is 1.00 e. The van der Waals surface area contributed by atoms with Gasteiger partial charge in [-0.2, -0.15) is 0 Å². The van der Waals surface area contributed by atoms with E-state index in [1.54, 1.807) is 6.92 Å². The summed E-state index contributed by atoms with van der Waals surface area (Å²) in [6, 6.07) is 0. The summed E-state index contributed by atoms with van der Waals surface area (Å²) < 4.78 is 34.6. The largest absolute Gasteiger partial charge is 1.00 e. The van der Waals surface area contributed by atoms with Crippen LogP contribution in [0.3, 0.4) is 0 Å². The van der Waals surface area contributed by atoms with Crippen LogP contribution >= 0.6 is 0 Å². The minimum atomic E-state index is -4.81. The van der Waals surface area contributed by atoms with E-state index in [4.69, 9.17) is 0 Å². The second kappa shape index (κ2) is 7.37. The second-order valence-electron chi connectivity index (χ2n) is 2.20. The normalized spacial score (nSPS) is 10.3. The zero-order chi connectivity index (χ0) is 8.91. The molecule has 0 atom stereocenters. The number of rotatable bonds is 4. The Hall–Kier alpha value is 0.961. The maximum absolute atomic E-state index is 11.5. The molecule has 0 aliphatic rings. The molecule has 66 valence electrons. The summed E-state index contributed by atoms with van der Waals surface area (Å²) in [5, 5.41) is 2.29. The summed E-state index contributed by atoms with van der Waals surface area (Å²) in [6.07, 6.45) is -1.43. The van der Waals surface area contributed by atoms with Gasteiger partial charge in [0.2, 0.25) is 5.91 Å². The minimum absolute atomic E-state index is 0. The molecule has 0 aliphatic carbocycles. The van der Waals surface area contributed by atoms with E-state index >= 15 is 0 Å². The van der Waals surface area contributed by atoms with Gasteiger partial charge in [-0.15, -0.1) is 0 Å². The Balaban J connectivity index is 0. The molecule has 0 unspecified atom stereocenters. The first-order valence-electron chi connectivity index (χ1n) is 3.43. The van der Waals surface area contributed by atoms with E-state index in [1.165, 1.54) is 0 Å². The summed E-state index contributed by atoms with van der Waals surface area (Å²) in [7, 11) is 0. The van der Waals surface area contributed by atoms with E-state index in [0.717, 1.165) is 0 Å². The zero-order valence-corrected chi connectivity index (χ0v) is 10.4. The predicted molar refractivity (Wildman–Crippen MR) is 37.2 cm³/mol. The van der Waals surface area contributed by atoms with Gasteiger partial charge in [-0.25, -0.2) is 0 Å². The van der Waals surface area contributed by atoms with Crippen LogP contribution in [0.25, 0.3) is 0 Å². The average Bonchev–Trinajstić information content (AvgIpc) is 1.83. The fourth-order valence-electron chi connectivity index (χ4n) is 0.580. The van der Waals surface area contributed by atoms with Crippen molar-refractivity contribution in [2.24, 2.45) is 0 Å². The van der Waals surface area contributed by atoms with Crippen LogP contribution in [0, 0.1) is 0 Å². The van der Waals surface area contributed by atoms with Crippen LogP contribution in [0.5, 0.6) is 0 Å². The van der Waals surface area contributed by atoms with Crippen LogP contribution in [0.1, 0.15) is 13.3 Å². The third-order valence-corrected chi connectivity index (χ3v) is 1.07. The Kier molecular flexibility index (Phi) is 9.48. The van der Waals surface area contributed by atoms with E-state index in [1.807, 2.05) is 0 Å². The number of amides is 1. The molecule has 12 heavy (non-hydrogen) atoms. The van der Waals surface area contributed by atoms with Crippen molar-refractivity contribution in [1.82, 2.24) is 5.32 Å². The molecule has 0 saturated heterocycles. The van der Waals surface area contributed by atoms with Crippen molar-refractivity contribution < 1.29 is 69.1 Å². The van der Waals surface area contributed by atoms with Crippen molar-refractivity contribution in [2.45, 2.75) is 19.7 Å². The number of carbonyl (C=O) groups excluding carboxylic acids is 1. The van der Waals surface area contributed by atoms with Crippen molar-refractivity contribution in [3.05, 3.63) is 0 Å². The Morgan fingerprint density at radius 1 is 1.42 bits per heavy atom. The molecule has 0 radical (unpaired) electrons. The van der Waals surface area contributed by atoms with Gasteiger partial charge in [0, 0.05) is 13.0 Å². The van der Waals surface area contributed by atoms with E-state index < -0.39 is 25.6 Å². The predicted octanol–water partition coefficient (Wildman–Crippen LogP) is -1.64. The fraction of sp³-hybridized carbons (Fsp3) is 0.800. The molecule has 0 fully saturated rings. The first-order valence-corrected chi connectivity index (χ1v) is 3.43. The molecular formula is C5H10BF3KNO. The molecule has 0 aliphatic heterocycles. The molecule has 0 saturated carbocycles. The van der Waals surface area contributed by atoms with Gasteiger partial charge in [-0.3, -0.25) is 4.79 Å². The maximum atomic E-state index is 11.5. The number of hydrogen-bond acceptors (Lipinski definition) is 1. The van der Waals surface area contributed by atoms with Gasteiger partial charge in [-0.05, 0) is 6.92 Å². The third kappa shape index (κ3) is 11.0. The molecule has 0 rings (SSSR count). The van der Waals surface area contributed by atoms with Crippen LogP contribution in [0.15, 0.2) is 0 Å². The van der Waals surface area contributed by atoms with Gasteiger partial charge < -0.3 is 18.3 Å². The minimum Gasteiger partial charge on any atom is -0.449 e. The standard InChI is InChI=1S/C5H10BF3NO.K/c1-2-10-5(11)3-4-6(7,8)9;/h2-4H2,1H3,(H,10,11);/q-1;+1. The molecule has 0 spiro atoms. The van der Waals surface area contributed by atoms with Crippen molar-refractivity contribution in [3.63, 3.8) is 0 Å². The van der Waals surface area contributed by atoms with Crippen LogP contribution in [-0.4, -0.2) is 19.4 Å². The quantitative estimate of drug-likeness (QED) is 0.550. The van der Waals surface area contributed by atoms with Crippen LogP contribution in [0.4, 0.5) is 12.9 Å². The Morgan fingerprint density at radius 2 is 1.92 bits per heavy atom. The van der Waals surface area contributed by atoms with Crippen molar-refractivity contribution in [2.75, 3.05) is 6.54 Å². The first kappa shape index (κ1) is 15.4. The Bertz CT molecular complexity index is 141. The van der Waals surface area contributed by atoms with Crippen molar-refractivity contribution in [1.29, 1.82) is 0 Å². The molecule has 1 N–H and O–H groups in total. The number of carbonyl (C=O) groups is 1. The van der Waals surface area contributed by atoms with Gasteiger partial charge in [-0.1, -0.05) is 6.32 Å². The zero-order valence-electron chi connectivity index (χ0n) is 7.24. The van der Waals surface area contributed by atoms with Crippen LogP contribution in [-0.2, 0) is 4.79 Å². The smallest absolute Gasteiger partial charge is 0.449 e. The summed E-state index contributed by atoms with van der Waals surface area (Å²) >= 11 is 0. The molecular weight excluding hydrogens is 197 g/mol. The van der Waals surface area contributed by atoms with Crippen LogP contribution in [0.2, 0.25) is 6.32 Å². The topological polar surface area (TPSA) is 29.1 Å². The van der Waals surface area contributed by atoms with Gasteiger partial charge >= 0.3 is 58.4 Å². The van der Waals surface area contributed by atoms with Crippen LogP contribution < -0.4 is 56.7 Å². The number of nitrogens with one attached hydrogen (secondary N) is 1. The van der Waals surface area contributed by atoms with E-state index in [9.17, 15) is 17.7 Å². The van der Waals surface area contributed by atoms with E-state index in [2.05, 4.69) is 5.32 Å². The van der Waals surface area contributed by atoms with Crippen molar-refractivity contribution >= 4 is 12.9 Å². The third-order valence-electron chi connectivity index (χ3n) is 1.07. The number of hydrogen-bond donors (Lipinski definition) is 1. The molecule has 2 nitrogen and oxygen atoms in total. The summed E-state index contributed by atoms with van der Waals surface area (Å²) in [4.78, 5) is 10.5. The second-order valence-corrected chi connectivity index (χ2v) is 2.20. The van der Waals surface area contributed by atoms with Gasteiger partial charge in [0.15, 0.2) is 0 Å². The summed E-state index contributed by atoms with van der Waals surface area (Å²) in [5.74, 6) is -0.535. The summed E-state index contributed by atoms with van der Waals surface area (Å²) in [6.45, 7) is -2.76. The first-order chi connectivity index (χ1) is 4.95.